The zero-order valence-corrected chi connectivity index (χ0v) is 13.0. The van der Waals surface area contributed by atoms with Gasteiger partial charge in [0.15, 0.2) is 0 Å². The molecule has 0 atom stereocenters. The minimum absolute atomic E-state index is 0.190. The Kier molecular flexibility index (Phi) is 5.59. The van der Waals surface area contributed by atoms with Gasteiger partial charge in [-0.1, -0.05) is 36.4 Å². The van der Waals surface area contributed by atoms with Crippen molar-refractivity contribution in [2.75, 3.05) is 0 Å². The van der Waals surface area contributed by atoms with E-state index in [0.29, 0.717) is 11.3 Å². The lowest BCUT2D eigenvalue weighted by atomic mass is 10.1. The summed E-state index contributed by atoms with van der Waals surface area (Å²) in [4.78, 5) is 21.6. The standard InChI is InChI=1S/C18H13F3O4/c1-12(22)24-15-8-4-13(5-9-15)2-3-14-6-10-16(11-7-14)25-17(23)18(19,20)21/h2-11H,1H3/b3-2+. The number of hydrogen-bond acceptors (Lipinski definition) is 4. The first-order valence-corrected chi connectivity index (χ1v) is 7.10. The van der Waals surface area contributed by atoms with Gasteiger partial charge in [-0.15, -0.1) is 0 Å². The van der Waals surface area contributed by atoms with Gasteiger partial charge in [-0.25, -0.2) is 4.79 Å². The van der Waals surface area contributed by atoms with Crippen LogP contribution in [-0.4, -0.2) is 18.1 Å². The van der Waals surface area contributed by atoms with Gasteiger partial charge >= 0.3 is 18.1 Å². The molecule has 2 aromatic carbocycles. The number of carbonyl (C=O) groups is 2. The largest absolute Gasteiger partial charge is 0.491 e. The summed E-state index contributed by atoms with van der Waals surface area (Å²) >= 11 is 0. The number of hydrogen-bond donors (Lipinski definition) is 0. The summed E-state index contributed by atoms with van der Waals surface area (Å²) in [5.41, 5.74) is 1.54. The van der Waals surface area contributed by atoms with Crippen LogP contribution in [0.1, 0.15) is 18.1 Å². The second kappa shape index (κ2) is 7.65. The lowest BCUT2D eigenvalue weighted by molar-refractivity contribution is -0.189. The van der Waals surface area contributed by atoms with Crippen LogP contribution < -0.4 is 9.47 Å². The highest BCUT2D eigenvalue weighted by Gasteiger charge is 2.41. The predicted molar refractivity (Wildman–Crippen MR) is 84.8 cm³/mol. The molecule has 0 saturated heterocycles. The van der Waals surface area contributed by atoms with Crippen molar-refractivity contribution < 1.29 is 32.2 Å². The number of benzene rings is 2. The second-order valence-corrected chi connectivity index (χ2v) is 4.95. The molecule has 2 aromatic rings. The van der Waals surface area contributed by atoms with E-state index in [1.165, 1.54) is 31.2 Å². The van der Waals surface area contributed by atoms with E-state index in [-0.39, 0.29) is 5.75 Å². The van der Waals surface area contributed by atoms with Crippen molar-refractivity contribution in [3.63, 3.8) is 0 Å². The quantitative estimate of drug-likeness (QED) is 0.470. The van der Waals surface area contributed by atoms with Gasteiger partial charge in [-0.05, 0) is 35.4 Å². The zero-order chi connectivity index (χ0) is 18.4. The summed E-state index contributed by atoms with van der Waals surface area (Å²) in [6, 6.07) is 12.3. The van der Waals surface area contributed by atoms with E-state index in [2.05, 4.69) is 4.74 Å². The van der Waals surface area contributed by atoms with E-state index >= 15 is 0 Å². The van der Waals surface area contributed by atoms with Gasteiger partial charge < -0.3 is 9.47 Å². The van der Waals surface area contributed by atoms with Gasteiger partial charge in [-0.2, -0.15) is 13.2 Å². The highest BCUT2D eigenvalue weighted by Crippen LogP contribution is 2.21. The summed E-state index contributed by atoms with van der Waals surface area (Å²) in [7, 11) is 0. The fourth-order valence-electron chi connectivity index (χ4n) is 1.82. The Morgan fingerprint density at radius 3 is 1.56 bits per heavy atom. The molecular formula is C18H13F3O4. The Balaban J connectivity index is 1.99. The van der Waals surface area contributed by atoms with Crippen LogP contribution in [0.15, 0.2) is 48.5 Å². The molecule has 4 nitrogen and oxygen atoms in total. The molecule has 0 heterocycles. The molecule has 0 fully saturated rings. The first kappa shape index (κ1) is 18.3. The molecule has 2 rings (SSSR count). The maximum Gasteiger partial charge on any atom is 0.491 e. The van der Waals surface area contributed by atoms with Gasteiger partial charge in [0.05, 0.1) is 0 Å². The fourth-order valence-corrected chi connectivity index (χ4v) is 1.82. The maximum atomic E-state index is 12.1. The average Bonchev–Trinajstić information content (AvgIpc) is 2.54. The Hall–Kier alpha value is -3.09. The number of carbonyl (C=O) groups excluding carboxylic acids is 2. The van der Waals surface area contributed by atoms with Crippen LogP contribution in [-0.2, 0) is 9.59 Å². The summed E-state index contributed by atoms with van der Waals surface area (Å²) in [6.45, 7) is 1.31. The topological polar surface area (TPSA) is 52.6 Å². The third kappa shape index (κ3) is 5.80. The molecule has 7 heteroatoms. The maximum absolute atomic E-state index is 12.1. The molecule has 0 aliphatic carbocycles. The molecule has 0 N–H and O–H groups in total. The fraction of sp³-hybridized carbons (Fsp3) is 0.111. The Bertz CT molecular complexity index is 775. The number of alkyl halides is 3. The zero-order valence-electron chi connectivity index (χ0n) is 13.0. The van der Waals surface area contributed by atoms with Crippen molar-refractivity contribution in [2.24, 2.45) is 0 Å². The molecule has 0 bridgehead atoms. The second-order valence-electron chi connectivity index (χ2n) is 4.95. The highest BCUT2D eigenvalue weighted by molar-refractivity contribution is 5.78. The highest BCUT2D eigenvalue weighted by atomic mass is 19.4. The molecule has 130 valence electrons. The minimum Gasteiger partial charge on any atom is -0.427 e. The molecule has 0 unspecified atom stereocenters. The Labute approximate surface area is 141 Å². The van der Waals surface area contributed by atoms with E-state index < -0.39 is 18.1 Å². The molecule has 0 spiro atoms. The third-order valence-electron chi connectivity index (χ3n) is 2.93. The van der Waals surface area contributed by atoms with Crippen LogP contribution in [0.25, 0.3) is 12.2 Å². The third-order valence-corrected chi connectivity index (χ3v) is 2.93. The smallest absolute Gasteiger partial charge is 0.427 e. The van der Waals surface area contributed by atoms with Crippen molar-refractivity contribution in [1.82, 2.24) is 0 Å². The molecule has 0 aliphatic heterocycles. The molecule has 0 radical (unpaired) electrons. The molecule has 25 heavy (non-hydrogen) atoms. The Morgan fingerprint density at radius 1 is 0.800 bits per heavy atom. The van der Waals surface area contributed by atoms with E-state index in [1.807, 2.05) is 0 Å². The van der Waals surface area contributed by atoms with Gasteiger partial charge in [0.2, 0.25) is 0 Å². The van der Waals surface area contributed by atoms with Crippen LogP contribution in [0.3, 0.4) is 0 Å². The predicted octanol–water partition coefficient (Wildman–Crippen LogP) is 4.25. The van der Waals surface area contributed by atoms with Crippen molar-refractivity contribution in [2.45, 2.75) is 13.1 Å². The van der Waals surface area contributed by atoms with E-state index in [9.17, 15) is 22.8 Å². The lowest BCUT2D eigenvalue weighted by Gasteiger charge is -2.06. The molecular weight excluding hydrogens is 337 g/mol. The summed E-state index contributed by atoms with van der Waals surface area (Å²) in [5.74, 6) is -2.43. The summed E-state index contributed by atoms with van der Waals surface area (Å²) < 4.78 is 45.5. The monoisotopic (exact) mass is 350 g/mol. The molecule has 0 aromatic heterocycles. The Morgan fingerprint density at radius 2 is 1.20 bits per heavy atom. The first-order valence-electron chi connectivity index (χ1n) is 7.10. The summed E-state index contributed by atoms with van der Waals surface area (Å²) in [5, 5.41) is 0. The van der Waals surface area contributed by atoms with Crippen LogP contribution >= 0.6 is 0 Å². The first-order chi connectivity index (χ1) is 11.7. The van der Waals surface area contributed by atoms with Crippen LogP contribution in [0, 0.1) is 0 Å². The minimum atomic E-state index is -5.03. The lowest BCUT2D eigenvalue weighted by Crippen LogP contribution is -2.27. The number of rotatable bonds is 4. The van der Waals surface area contributed by atoms with Gasteiger partial charge in [0.1, 0.15) is 11.5 Å². The number of esters is 2. The van der Waals surface area contributed by atoms with E-state index in [0.717, 1.165) is 5.56 Å². The van der Waals surface area contributed by atoms with Crippen LogP contribution in [0.5, 0.6) is 11.5 Å². The molecule has 0 aliphatic rings. The number of halogens is 3. The summed E-state index contributed by atoms with van der Waals surface area (Å²) in [6.07, 6.45) is -1.53. The van der Waals surface area contributed by atoms with Gasteiger partial charge in [0.25, 0.3) is 0 Å². The average molecular weight is 350 g/mol. The number of ether oxygens (including phenoxy) is 2. The van der Waals surface area contributed by atoms with Gasteiger partial charge in [-0.3, -0.25) is 4.79 Å². The van der Waals surface area contributed by atoms with Crippen molar-refractivity contribution in [1.29, 1.82) is 0 Å². The van der Waals surface area contributed by atoms with Crippen molar-refractivity contribution >= 4 is 24.1 Å². The SMILES string of the molecule is CC(=O)Oc1ccc(/C=C/c2ccc(OC(=O)C(F)(F)F)cc2)cc1. The van der Waals surface area contributed by atoms with Crippen molar-refractivity contribution in [3.8, 4) is 11.5 Å². The van der Waals surface area contributed by atoms with Crippen LogP contribution in [0.4, 0.5) is 13.2 Å². The van der Waals surface area contributed by atoms with E-state index in [4.69, 9.17) is 4.74 Å². The normalized spacial score (nSPS) is 11.4. The van der Waals surface area contributed by atoms with Gasteiger partial charge in [0, 0.05) is 6.92 Å². The van der Waals surface area contributed by atoms with Crippen molar-refractivity contribution in [3.05, 3.63) is 59.7 Å². The van der Waals surface area contributed by atoms with E-state index in [1.54, 1.807) is 36.4 Å². The van der Waals surface area contributed by atoms with Crippen LogP contribution in [0.2, 0.25) is 0 Å². The molecule has 0 amide bonds. The molecule has 0 saturated carbocycles.